The largest absolute Gasteiger partial charge is 0.481 e. The van der Waals surface area contributed by atoms with Gasteiger partial charge in [-0.2, -0.15) is 0 Å². The lowest BCUT2D eigenvalue weighted by molar-refractivity contribution is -0.199. The van der Waals surface area contributed by atoms with E-state index in [1.807, 2.05) is 6.92 Å². The molecule has 0 aromatic rings. The molecule has 4 rings (SSSR count). The molecule has 1 aliphatic heterocycles. The van der Waals surface area contributed by atoms with Crippen molar-refractivity contribution in [2.24, 2.45) is 28.7 Å². The SMILES string of the molecule is CCCCCCCCCCCC(=O)N[C@@H](CCCCN)C(=O)N[C@H](C(=O)N[C@@H](C)C(=O)N[C@@H](CCCCN)C(=O)N[C@@H](C)B1OC2C[C@@H]3C[C@@H](C3(C)C)[C@]2(C)O1)C(C)O. The van der Waals surface area contributed by atoms with E-state index in [2.05, 4.69) is 54.3 Å². The molecule has 2 unspecified atom stereocenters. The summed E-state index contributed by atoms with van der Waals surface area (Å²) in [5, 5.41) is 24.3. The molecule has 15 nitrogen and oxygen atoms in total. The number of nitrogens with one attached hydrogen (secondary N) is 5. The summed E-state index contributed by atoms with van der Waals surface area (Å²) in [5.41, 5.74) is 11.2. The molecule has 10 N–H and O–H groups in total. The minimum absolute atomic E-state index is 0.0430. The topological polar surface area (TPSA) is 236 Å². The van der Waals surface area contributed by atoms with E-state index in [1.165, 1.54) is 46.0 Å². The standard InChI is InChI=1S/C43H80BN7O8/c1-8-9-10-11-12-13-14-15-16-23-36(53)49-32(21-17-19-24-45)40(56)51-37(29(3)52)41(57)47-28(2)38(54)50-33(22-18-20-25-46)39(55)48-30(4)44-58-35-27-31-26-34(42(31,5)6)43(35,7)59-44/h28-35,37,52H,8-27,45-46H2,1-7H3,(H,47,57)(H,48,55)(H,49,53)(H,50,54)(H,51,56)/t28-,29?,30-,31-,32-,33-,34-,35?,37-,43-/m0/s1. The third-order valence-corrected chi connectivity index (χ3v) is 13.2. The fraction of sp³-hybridized carbons (Fsp3) is 0.884. The van der Waals surface area contributed by atoms with Gasteiger partial charge in [0.25, 0.3) is 0 Å². The Bertz CT molecular complexity index is 1360. The van der Waals surface area contributed by atoms with Crippen LogP contribution in [0.1, 0.15) is 164 Å². The van der Waals surface area contributed by atoms with Crippen LogP contribution in [-0.4, -0.2) is 103 Å². The zero-order valence-corrected chi connectivity index (χ0v) is 37.4. The van der Waals surface area contributed by atoms with Gasteiger partial charge < -0.3 is 52.5 Å². The first-order valence-electron chi connectivity index (χ1n) is 22.9. The first-order chi connectivity index (χ1) is 28.0. The Balaban J connectivity index is 1.54. The monoisotopic (exact) mass is 834 g/mol. The van der Waals surface area contributed by atoms with Crippen LogP contribution in [-0.2, 0) is 33.3 Å². The minimum atomic E-state index is -1.41. The van der Waals surface area contributed by atoms with Gasteiger partial charge in [0.2, 0.25) is 29.5 Å². The van der Waals surface area contributed by atoms with Crippen LogP contribution < -0.4 is 38.1 Å². The molecule has 3 saturated carbocycles. The number of aliphatic hydroxyl groups excluding tert-OH is 1. The highest BCUT2D eigenvalue weighted by Gasteiger charge is 2.68. The lowest BCUT2D eigenvalue weighted by atomic mass is 9.43. The highest BCUT2D eigenvalue weighted by molar-refractivity contribution is 6.47. The summed E-state index contributed by atoms with van der Waals surface area (Å²) in [5.74, 6) is -2.22. The van der Waals surface area contributed by atoms with E-state index in [9.17, 15) is 29.1 Å². The van der Waals surface area contributed by atoms with Gasteiger partial charge in [0, 0.05) is 6.42 Å². The van der Waals surface area contributed by atoms with Crippen LogP contribution >= 0.6 is 0 Å². The van der Waals surface area contributed by atoms with E-state index in [-0.39, 0.29) is 23.8 Å². The quantitative estimate of drug-likeness (QED) is 0.0405. The molecular weight excluding hydrogens is 753 g/mol. The van der Waals surface area contributed by atoms with Gasteiger partial charge in [-0.3, -0.25) is 24.0 Å². The number of nitrogens with two attached hydrogens (primary N) is 2. The van der Waals surface area contributed by atoms with Crippen molar-refractivity contribution in [1.29, 1.82) is 0 Å². The summed E-state index contributed by atoms with van der Waals surface area (Å²) in [6, 6.07) is -4.40. The number of carbonyl (C=O) groups excluding carboxylic acids is 5. The van der Waals surface area contributed by atoms with Crippen LogP contribution in [0.25, 0.3) is 0 Å². The van der Waals surface area contributed by atoms with Gasteiger partial charge in [0.05, 0.1) is 23.8 Å². The molecule has 10 atom stereocenters. The molecule has 1 heterocycles. The summed E-state index contributed by atoms with van der Waals surface area (Å²) < 4.78 is 12.9. The molecule has 2 bridgehead atoms. The number of amides is 5. The first kappa shape index (κ1) is 50.6. The van der Waals surface area contributed by atoms with Crippen molar-refractivity contribution in [2.75, 3.05) is 13.1 Å². The molecule has 0 radical (unpaired) electrons. The molecular formula is C43H80BN7O8. The molecule has 3 aliphatic carbocycles. The first-order valence-corrected chi connectivity index (χ1v) is 22.9. The van der Waals surface area contributed by atoms with E-state index in [1.54, 1.807) is 0 Å². The Morgan fingerprint density at radius 2 is 1.25 bits per heavy atom. The van der Waals surface area contributed by atoms with E-state index in [0.29, 0.717) is 69.9 Å². The lowest BCUT2D eigenvalue weighted by Crippen LogP contribution is -2.65. The predicted molar refractivity (Wildman–Crippen MR) is 230 cm³/mol. The van der Waals surface area contributed by atoms with Crippen LogP contribution in [0, 0.1) is 17.3 Å². The van der Waals surface area contributed by atoms with E-state index < -0.39 is 72.6 Å². The summed E-state index contributed by atoms with van der Waals surface area (Å²) in [7, 11) is -0.636. The Kier molecular flexibility index (Phi) is 21.1. The molecule has 4 aliphatic rings. The second-order valence-electron chi connectivity index (χ2n) is 18.4. The van der Waals surface area contributed by atoms with Crippen molar-refractivity contribution >= 4 is 36.7 Å². The number of rotatable bonds is 29. The smallest absolute Gasteiger partial charge is 0.404 e. The fourth-order valence-electron chi connectivity index (χ4n) is 9.22. The van der Waals surface area contributed by atoms with Gasteiger partial charge in [-0.1, -0.05) is 72.1 Å². The molecule has 59 heavy (non-hydrogen) atoms. The van der Waals surface area contributed by atoms with Crippen molar-refractivity contribution in [3.63, 3.8) is 0 Å². The zero-order valence-electron chi connectivity index (χ0n) is 37.4. The zero-order chi connectivity index (χ0) is 43.8. The molecule has 5 amide bonds. The molecule has 338 valence electrons. The summed E-state index contributed by atoms with van der Waals surface area (Å²) in [4.78, 5) is 67.0. The highest BCUT2D eigenvalue weighted by Crippen LogP contribution is 2.65. The number of hydrogen-bond acceptors (Lipinski definition) is 10. The maximum atomic E-state index is 13.7. The van der Waals surface area contributed by atoms with Crippen LogP contribution in [0.2, 0.25) is 0 Å². The fourth-order valence-corrected chi connectivity index (χ4v) is 9.22. The van der Waals surface area contributed by atoms with Crippen LogP contribution in [0.3, 0.4) is 0 Å². The van der Waals surface area contributed by atoms with Gasteiger partial charge >= 0.3 is 7.12 Å². The van der Waals surface area contributed by atoms with Crippen molar-refractivity contribution < 1.29 is 38.4 Å². The summed E-state index contributed by atoms with van der Waals surface area (Å²) >= 11 is 0. The second-order valence-corrected chi connectivity index (χ2v) is 18.4. The number of aliphatic hydroxyl groups is 1. The predicted octanol–water partition coefficient (Wildman–Crippen LogP) is 3.28. The summed E-state index contributed by atoms with van der Waals surface area (Å²) in [6.07, 6.45) is 14.1. The molecule has 0 spiro atoms. The van der Waals surface area contributed by atoms with Gasteiger partial charge in [0.15, 0.2) is 0 Å². The Morgan fingerprint density at radius 3 is 1.81 bits per heavy atom. The normalized spacial score (nSPS) is 24.6. The lowest BCUT2D eigenvalue weighted by Gasteiger charge is -2.64. The van der Waals surface area contributed by atoms with Crippen LogP contribution in [0.5, 0.6) is 0 Å². The van der Waals surface area contributed by atoms with Crippen LogP contribution in [0.4, 0.5) is 0 Å². The number of carbonyl (C=O) groups is 5. The van der Waals surface area contributed by atoms with Crippen molar-refractivity contribution in [1.82, 2.24) is 26.6 Å². The van der Waals surface area contributed by atoms with E-state index >= 15 is 0 Å². The Labute approximate surface area is 354 Å². The maximum Gasteiger partial charge on any atom is 0.481 e. The Hall–Kier alpha value is -2.79. The molecule has 0 aromatic carbocycles. The van der Waals surface area contributed by atoms with E-state index in [4.69, 9.17) is 20.8 Å². The van der Waals surface area contributed by atoms with Gasteiger partial charge in [-0.25, -0.2) is 0 Å². The molecule has 16 heteroatoms. The van der Waals surface area contributed by atoms with Gasteiger partial charge in [-0.05, 0) is 116 Å². The maximum absolute atomic E-state index is 13.7. The Morgan fingerprint density at radius 1 is 0.695 bits per heavy atom. The van der Waals surface area contributed by atoms with Crippen molar-refractivity contribution in [3.8, 4) is 0 Å². The molecule has 1 saturated heterocycles. The molecule has 0 aromatic heterocycles. The van der Waals surface area contributed by atoms with Crippen molar-refractivity contribution in [2.45, 2.75) is 212 Å². The third-order valence-electron chi connectivity index (χ3n) is 13.2. The van der Waals surface area contributed by atoms with Crippen molar-refractivity contribution in [3.05, 3.63) is 0 Å². The average Bonchev–Trinajstić information content (AvgIpc) is 3.55. The number of hydrogen-bond donors (Lipinski definition) is 8. The second kappa shape index (κ2) is 24.6. The van der Waals surface area contributed by atoms with E-state index in [0.717, 1.165) is 32.1 Å². The number of unbranched alkanes of at least 4 members (excludes halogenated alkanes) is 10. The molecule has 4 fully saturated rings. The minimum Gasteiger partial charge on any atom is -0.404 e. The van der Waals surface area contributed by atoms with Gasteiger partial charge in [0.1, 0.15) is 24.2 Å². The van der Waals surface area contributed by atoms with Gasteiger partial charge in [-0.15, -0.1) is 0 Å². The van der Waals surface area contributed by atoms with Crippen LogP contribution in [0.15, 0.2) is 0 Å². The average molecular weight is 834 g/mol. The highest BCUT2D eigenvalue weighted by atomic mass is 16.7. The third kappa shape index (κ3) is 14.7. The summed E-state index contributed by atoms with van der Waals surface area (Å²) in [6.45, 7) is 14.4.